The summed E-state index contributed by atoms with van der Waals surface area (Å²) in [6.45, 7) is 3.98. The van der Waals surface area contributed by atoms with Crippen molar-refractivity contribution in [2.75, 3.05) is 11.9 Å². The van der Waals surface area contributed by atoms with Gasteiger partial charge in [-0.05, 0) is 60.4 Å². The average molecular weight is 445 g/mol. The van der Waals surface area contributed by atoms with Crippen LogP contribution in [0.1, 0.15) is 31.7 Å². The molecule has 8 nitrogen and oxygen atoms in total. The standard InChI is InChI=1S/C25H23N3O5/c1-3-16(2)18-10-13-22-20(14-18)27-25(33-22)17-8-11-19(12-9-17)26-24(29)15-32-23-7-5-4-6-21(23)28(30)31/h4-14,16H,3,15H2,1-2H3,(H,26,29)/t16-/m1/s1. The molecule has 1 atom stereocenters. The van der Waals surface area contributed by atoms with E-state index in [0.717, 1.165) is 23.1 Å². The van der Waals surface area contributed by atoms with Gasteiger partial charge in [0.25, 0.3) is 5.91 Å². The number of carbonyl (C=O) groups excluding carboxylic acids is 1. The molecule has 8 heteroatoms. The van der Waals surface area contributed by atoms with Crippen LogP contribution in [0.5, 0.6) is 5.75 Å². The molecule has 0 aliphatic rings. The Morgan fingerprint density at radius 1 is 1.15 bits per heavy atom. The molecule has 33 heavy (non-hydrogen) atoms. The summed E-state index contributed by atoms with van der Waals surface area (Å²) in [4.78, 5) is 27.3. The number of ether oxygens (including phenoxy) is 1. The Balaban J connectivity index is 1.41. The predicted octanol–water partition coefficient (Wildman–Crippen LogP) is 5.93. The van der Waals surface area contributed by atoms with Crippen molar-refractivity contribution >= 4 is 28.4 Å². The summed E-state index contributed by atoms with van der Waals surface area (Å²) in [5.41, 5.74) is 3.92. The van der Waals surface area contributed by atoms with Crippen LogP contribution in [0, 0.1) is 10.1 Å². The minimum atomic E-state index is -0.552. The average Bonchev–Trinajstić information content (AvgIpc) is 3.26. The minimum absolute atomic E-state index is 0.0421. The number of nitrogens with one attached hydrogen (secondary N) is 1. The second-order valence-corrected chi connectivity index (χ2v) is 7.69. The van der Waals surface area contributed by atoms with Crippen LogP contribution in [0.2, 0.25) is 0 Å². The summed E-state index contributed by atoms with van der Waals surface area (Å²) in [5, 5.41) is 13.7. The van der Waals surface area contributed by atoms with Gasteiger partial charge in [-0.1, -0.05) is 32.0 Å². The number of hydrogen-bond acceptors (Lipinski definition) is 6. The highest BCUT2D eigenvalue weighted by Gasteiger charge is 2.15. The largest absolute Gasteiger partial charge is 0.477 e. The highest BCUT2D eigenvalue weighted by Crippen LogP contribution is 2.29. The third-order valence-corrected chi connectivity index (χ3v) is 5.43. The summed E-state index contributed by atoms with van der Waals surface area (Å²) >= 11 is 0. The highest BCUT2D eigenvalue weighted by molar-refractivity contribution is 5.92. The molecule has 168 valence electrons. The summed E-state index contributed by atoms with van der Waals surface area (Å²) in [5.74, 6) is 0.569. The zero-order valence-electron chi connectivity index (χ0n) is 18.3. The Labute approximate surface area is 190 Å². The zero-order chi connectivity index (χ0) is 23.4. The molecular formula is C25H23N3O5. The van der Waals surface area contributed by atoms with Gasteiger partial charge in [-0.25, -0.2) is 4.98 Å². The molecule has 3 aromatic carbocycles. The number of rotatable bonds is 8. The zero-order valence-corrected chi connectivity index (χ0v) is 18.3. The van der Waals surface area contributed by atoms with E-state index in [4.69, 9.17) is 9.15 Å². The smallest absolute Gasteiger partial charge is 0.310 e. The molecule has 4 aromatic rings. The number of nitro groups is 1. The van der Waals surface area contributed by atoms with Crippen molar-refractivity contribution in [3.8, 4) is 17.2 Å². The Kier molecular flexibility index (Phi) is 6.35. The lowest BCUT2D eigenvalue weighted by molar-refractivity contribution is -0.385. The van der Waals surface area contributed by atoms with Gasteiger partial charge in [0.1, 0.15) is 5.52 Å². The van der Waals surface area contributed by atoms with E-state index in [-0.39, 0.29) is 18.0 Å². The fraction of sp³-hybridized carbons (Fsp3) is 0.200. The number of carbonyl (C=O) groups is 1. The van der Waals surface area contributed by atoms with Crippen molar-refractivity contribution in [3.63, 3.8) is 0 Å². The molecular weight excluding hydrogens is 422 g/mol. The molecule has 1 amide bonds. The van der Waals surface area contributed by atoms with Crippen molar-refractivity contribution in [1.82, 2.24) is 4.98 Å². The Bertz CT molecular complexity index is 1300. The van der Waals surface area contributed by atoms with Gasteiger partial charge in [0.2, 0.25) is 5.89 Å². The van der Waals surface area contributed by atoms with Crippen LogP contribution in [-0.2, 0) is 4.79 Å². The normalized spacial score (nSPS) is 11.8. The molecule has 0 aliphatic heterocycles. The van der Waals surface area contributed by atoms with Gasteiger partial charge in [0, 0.05) is 17.3 Å². The number of oxazole rings is 1. The van der Waals surface area contributed by atoms with Gasteiger partial charge in [-0.2, -0.15) is 0 Å². The van der Waals surface area contributed by atoms with Crippen molar-refractivity contribution < 1.29 is 18.9 Å². The number of nitro benzene ring substituents is 1. The van der Waals surface area contributed by atoms with Gasteiger partial charge < -0.3 is 14.5 Å². The molecule has 1 aromatic heterocycles. The highest BCUT2D eigenvalue weighted by atomic mass is 16.6. The minimum Gasteiger partial charge on any atom is -0.477 e. The lowest BCUT2D eigenvalue weighted by Gasteiger charge is -2.08. The summed E-state index contributed by atoms with van der Waals surface area (Å²) < 4.78 is 11.2. The molecule has 0 bridgehead atoms. The maximum absolute atomic E-state index is 12.2. The fourth-order valence-electron chi connectivity index (χ4n) is 3.38. The van der Waals surface area contributed by atoms with Crippen LogP contribution in [0.4, 0.5) is 11.4 Å². The first-order valence-electron chi connectivity index (χ1n) is 10.6. The topological polar surface area (TPSA) is 108 Å². The van der Waals surface area contributed by atoms with Crippen LogP contribution in [0.25, 0.3) is 22.6 Å². The molecule has 0 unspecified atom stereocenters. The molecule has 0 aliphatic carbocycles. The van der Waals surface area contributed by atoms with Crippen molar-refractivity contribution in [1.29, 1.82) is 0 Å². The first kappa shape index (κ1) is 22.0. The number of para-hydroxylation sites is 2. The van der Waals surface area contributed by atoms with E-state index in [0.29, 0.717) is 17.5 Å². The molecule has 4 rings (SSSR count). The van der Waals surface area contributed by atoms with E-state index < -0.39 is 10.8 Å². The number of hydrogen-bond donors (Lipinski definition) is 1. The molecule has 0 spiro atoms. The van der Waals surface area contributed by atoms with E-state index in [1.54, 1.807) is 30.3 Å². The van der Waals surface area contributed by atoms with Crippen LogP contribution in [0.15, 0.2) is 71.1 Å². The number of amides is 1. The fourth-order valence-corrected chi connectivity index (χ4v) is 3.38. The second kappa shape index (κ2) is 9.52. The number of aromatic nitrogens is 1. The van der Waals surface area contributed by atoms with Gasteiger partial charge >= 0.3 is 5.69 Å². The van der Waals surface area contributed by atoms with Crippen LogP contribution in [0.3, 0.4) is 0 Å². The number of benzene rings is 3. The van der Waals surface area contributed by atoms with E-state index in [2.05, 4.69) is 36.3 Å². The van der Waals surface area contributed by atoms with Crippen molar-refractivity contribution in [3.05, 3.63) is 82.4 Å². The third-order valence-electron chi connectivity index (χ3n) is 5.43. The van der Waals surface area contributed by atoms with Crippen molar-refractivity contribution in [2.45, 2.75) is 26.2 Å². The summed E-state index contributed by atoms with van der Waals surface area (Å²) in [6, 6.07) is 19.1. The molecule has 0 fully saturated rings. The first-order valence-corrected chi connectivity index (χ1v) is 10.6. The number of fused-ring (bicyclic) bond motifs is 1. The van der Waals surface area contributed by atoms with Gasteiger partial charge in [0.05, 0.1) is 4.92 Å². The Morgan fingerprint density at radius 3 is 2.64 bits per heavy atom. The van der Waals surface area contributed by atoms with Gasteiger partial charge in [0.15, 0.2) is 17.9 Å². The first-order chi connectivity index (χ1) is 15.9. The Morgan fingerprint density at radius 2 is 1.91 bits per heavy atom. The molecule has 1 N–H and O–H groups in total. The van der Waals surface area contributed by atoms with E-state index >= 15 is 0 Å². The SMILES string of the molecule is CC[C@@H](C)c1ccc2oc(-c3ccc(NC(=O)COc4ccccc4[N+](=O)[O-])cc3)nc2c1. The predicted molar refractivity (Wildman–Crippen MR) is 125 cm³/mol. The quantitative estimate of drug-likeness (QED) is 0.266. The third kappa shape index (κ3) is 5.01. The lowest BCUT2D eigenvalue weighted by atomic mass is 9.98. The van der Waals surface area contributed by atoms with E-state index in [1.165, 1.54) is 23.8 Å². The van der Waals surface area contributed by atoms with E-state index in [9.17, 15) is 14.9 Å². The van der Waals surface area contributed by atoms with Crippen molar-refractivity contribution in [2.24, 2.45) is 0 Å². The lowest BCUT2D eigenvalue weighted by Crippen LogP contribution is -2.20. The molecule has 0 saturated heterocycles. The van der Waals surface area contributed by atoms with E-state index in [1.807, 2.05) is 6.07 Å². The van der Waals surface area contributed by atoms with Crippen LogP contribution < -0.4 is 10.1 Å². The Hall–Kier alpha value is -4.20. The van der Waals surface area contributed by atoms with Crippen LogP contribution >= 0.6 is 0 Å². The maximum atomic E-state index is 12.2. The summed E-state index contributed by atoms with van der Waals surface area (Å²) in [6.07, 6.45) is 1.05. The molecule has 0 saturated carbocycles. The maximum Gasteiger partial charge on any atom is 0.310 e. The monoisotopic (exact) mass is 445 g/mol. The van der Waals surface area contributed by atoms with Gasteiger partial charge in [-0.3, -0.25) is 14.9 Å². The summed E-state index contributed by atoms with van der Waals surface area (Å²) in [7, 11) is 0. The van der Waals surface area contributed by atoms with Crippen LogP contribution in [-0.4, -0.2) is 22.4 Å². The number of anilines is 1. The molecule has 0 radical (unpaired) electrons. The number of nitrogens with zero attached hydrogens (tertiary/aromatic N) is 2. The van der Waals surface area contributed by atoms with Gasteiger partial charge in [-0.15, -0.1) is 0 Å². The second-order valence-electron chi connectivity index (χ2n) is 7.69. The molecule has 1 heterocycles.